The van der Waals surface area contributed by atoms with Crippen molar-refractivity contribution >= 4 is 57.1 Å². The first-order valence-electron chi connectivity index (χ1n) is 12.2. The molecule has 179 valence electrons. The van der Waals surface area contributed by atoms with Crippen molar-refractivity contribution in [3.63, 3.8) is 0 Å². The van der Waals surface area contributed by atoms with Crippen LogP contribution in [0, 0.1) is 0 Å². The number of para-hydroxylation sites is 1. The first-order valence-corrected chi connectivity index (χ1v) is 14.0. The van der Waals surface area contributed by atoms with Crippen molar-refractivity contribution in [1.82, 2.24) is 4.98 Å². The Bertz CT molecular complexity index is 913. The summed E-state index contributed by atoms with van der Waals surface area (Å²) < 4.78 is 6.77. The summed E-state index contributed by atoms with van der Waals surface area (Å²) in [5, 5.41) is 1.34. The van der Waals surface area contributed by atoms with Gasteiger partial charge in [0.05, 0.1) is 22.7 Å². The van der Waals surface area contributed by atoms with Gasteiger partial charge in [0.25, 0.3) is 0 Å². The number of fused-ring (bicyclic) bond motifs is 1. The molecule has 33 heavy (non-hydrogen) atoms. The predicted octanol–water partition coefficient (Wildman–Crippen LogP) is 8.69. The van der Waals surface area contributed by atoms with Crippen molar-refractivity contribution < 1.29 is 9.53 Å². The molecule has 0 bridgehead atoms. The molecule has 0 saturated heterocycles. The van der Waals surface area contributed by atoms with Crippen molar-refractivity contribution in [3.05, 3.63) is 56.3 Å². The van der Waals surface area contributed by atoms with Crippen molar-refractivity contribution in [2.24, 2.45) is 0 Å². The second kappa shape index (κ2) is 17.2. The Balaban J connectivity index is 0.000000337. The minimum atomic E-state index is -0.401. The fraction of sp³-hybridized carbons (Fsp3) is 0.500. The van der Waals surface area contributed by atoms with Crippen LogP contribution in [0.2, 0.25) is 5.02 Å². The van der Waals surface area contributed by atoms with Crippen LogP contribution >= 0.6 is 11.6 Å². The molecule has 0 aliphatic rings. The molecule has 0 fully saturated rings. The van der Waals surface area contributed by atoms with Crippen LogP contribution < -0.4 is 0 Å². The SMILES string of the molecule is C=Cc1c(C(=O)OCC)cnc2c(Cl)cccc12.CCCC[C]([Sn])=C(CCCC)CCCC. The molecule has 0 atom stereocenters. The number of carbonyl (C=O) groups is 1. The number of benzene rings is 1. The molecular formula is C28H39ClNO2Sn. The molecule has 1 aromatic carbocycles. The number of carbonyl (C=O) groups excluding carboxylic acids is 1. The summed E-state index contributed by atoms with van der Waals surface area (Å²) >= 11 is 7.74. The first kappa shape index (κ1) is 29.7. The Morgan fingerprint density at radius 3 is 2.21 bits per heavy atom. The van der Waals surface area contributed by atoms with E-state index >= 15 is 0 Å². The minimum absolute atomic E-state index is 0.322. The van der Waals surface area contributed by atoms with E-state index in [9.17, 15) is 4.79 Å². The molecule has 2 rings (SSSR count). The standard InChI is InChI=1S/C14H12ClNO2.C14H27.Sn/c1-3-9-10-6-5-7-12(15)13(10)16-8-11(9)14(17)18-4-2;1-4-7-10-13-14(11-8-5-2)12-9-6-3;/h3,5-8H,1,4H2,2H3;4-12H2,1-3H3;. The Labute approximate surface area is 219 Å². The number of halogens is 1. The van der Waals surface area contributed by atoms with E-state index in [1.165, 1.54) is 64.0 Å². The van der Waals surface area contributed by atoms with Crippen LogP contribution in [0.5, 0.6) is 0 Å². The maximum absolute atomic E-state index is 11.8. The third kappa shape index (κ3) is 9.82. The van der Waals surface area contributed by atoms with Gasteiger partial charge in [-0.3, -0.25) is 4.98 Å². The normalized spacial score (nSPS) is 10.4. The molecule has 0 amide bonds. The zero-order chi connectivity index (χ0) is 24.6. The predicted molar refractivity (Wildman–Crippen MR) is 144 cm³/mol. The van der Waals surface area contributed by atoms with Gasteiger partial charge in [0.15, 0.2) is 0 Å². The second-order valence-corrected chi connectivity index (χ2v) is 10.2. The molecule has 0 unspecified atom stereocenters. The second-order valence-electron chi connectivity index (χ2n) is 8.04. The Morgan fingerprint density at radius 2 is 1.67 bits per heavy atom. The molecule has 0 aliphatic carbocycles. The van der Waals surface area contributed by atoms with Gasteiger partial charge in [-0.15, -0.1) is 0 Å². The third-order valence-corrected chi connectivity index (χ3v) is 7.49. The van der Waals surface area contributed by atoms with Crippen molar-refractivity contribution in [2.45, 2.75) is 85.5 Å². The summed E-state index contributed by atoms with van der Waals surface area (Å²) in [6.07, 6.45) is 15.4. The van der Waals surface area contributed by atoms with E-state index in [0.29, 0.717) is 28.3 Å². The van der Waals surface area contributed by atoms with Crippen LogP contribution in [-0.2, 0) is 4.74 Å². The number of hydrogen-bond acceptors (Lipinski definition) is 3. The van der Waals surface area contributed by atoms with Crippen LogP contribution in [0.25, 0.3) is 17.0 Å². The molecule has 1 aromatic heterocycles. The van der Waals surface area contributed by atoms with E-state index in [1.54, 1.807) is 45.2 Å². The number of rotatable bonds is 12. The number of hydrogen-bond donors (Lipinski definition) is 0. The fourth-order valence-corrected chi connectivity index (χ4v) is 4.98. The van der Waals surface area contributed by atoms with Gasteiger partial charge in [0, 0.05) is 11.6 Å². The van der Waals surface area contributed by atoms with Crippen LogP contribution in [0.4, 0.5) is 0 Å². The van der Waals surface area contributed by atoms with E-state index in [2.05, 4.69) is 32.3 Å². The molecule has 0 spiro atoms. The van der Waals surface area contributed by atoms with Crippen LogP contribution in [-0.4, -0.2) is 40.1 Å². The molecule has 5 heteroatoms. The number of aromatic nitrogens is 1. The van der Waals surface area contributed by atoms with Gasteiger partial charge < -0.3 is 4.74 Å². The zero-order valence-electron chi connectivity index (χ0n) is 20.8. The molecule has 3 radical (unpaired) electrons. The summed E-state index contributed by atoms with van der Waals surface area (Å²) in [7, 11) is 0. The number of nitrogens with zero attached hydrogens (tertiary/aromatic N) is 1. The number of pyridine rings is 1. The number of allylic oxidation sites excluding steroid dienone is 2. The van der Waals surface area contributed by atoms with Gasteiger partial charge in [-0.1, -0.05) is 36.4 Å². The van der Waals surface area contributed by atoms with E-state index in [1.807, 2.05) is 17.7 Å². The summed E-state index contributed by atoms with van der Waals surface area (Å²) in [5.41, 5.74) is 3.56. The Hall–Kier alpha value is -1.33. The molecule has 2 aromatic rings. The summed E-state index contributed by atoms with van der Waals surface area (Å²) in [5.74, 6) is -0.401. The van der Waals surface area contributed by atoms with Crippen LogP contribution in [0.3, 0.4) is 0 Å². The first-order chi connectivity index (χ1) is 15.9. The van der Waals surface area contributed by atoms with E-state index in [-0.39, 0.29) is 0 Å². The van der Waals surface area contributed by atoms with Gasteiger partial charge in [-0.25, -0.2) is 4.79 Å². The van der Waals surface area contributed by atoms with Gasteiger partial charge in [0.1, 0.15) is 0 Å². The third-order valence-electron chi connectivity index (χ3n) is 5.46. The number of ether oxygens (including phenoxy) is 1. The van der Waals surface area contributed by atoms with E-state index < -0.39 is 5.97 Å². The average Bonchev–Trinajstić information content (AvgIpc) is 2.82. The van der Waals surface area contributed by atoms with Crippen molar-refractivity contribution in [1.29, 1.82) is 0 Å². The van der Waals surface area contributed by atoms with Gasteiger partial charge in [-0.05, 0) is 18.6 Å². The van der Waals surface area contributed by atoms with Crippen LogP contribution in [0.1, 0.15) is 101 Å². The Morgan fingerprint density at radius 1 is 1.06 bits per heavy atom. The number of unbranched alkanes of at least 4 members (excludes halogenated alkanes) is 3. The topological polar surface area (TPSA) is 39.2 Å². The molecule has 0 aliphatic heterocycles. The monoisotopic (exact) mass is 576 g/mol. The Kier molecular flexibility index (Phi) is 15.4. The van der Waals surface area contributed by atoms with E-state index in [4.69, 9.17) is 16.3 Å². The van der Waals surface area contributed by atoms with Gasteiger partial charge in [-0.2, -0.15) is 0 Å². The van der Waals surface area contributed by atoms with Crippen molar-refractivity contribution in [3.8, 4) is 0 Å². The number of esters is 1. The summed E-state index contributed by atoms with van der Waals surface area (Å²) in [6, 6.07) is 5.43. The molecular weight excluding hydrogens is 536 g/mol. The summed E-state index contributed by atoms with van der Waals surface area (Å²) in [6.45, 7) is 12.7. The quantitative estimate of drug-likeness (QED) is 0.188. The molecule has 1 heterocycles. The van der Waals surface area contributed by atoms with Crippen molar-refractivity contribution in [2.75, 3.05) is 6.61 Å². The summed E-state index contributed by atoms with van der Waals surface area (Å²) in [4.78, 5) is 16.0. The molecule has 0 saturated carbocycles. The molecule has 3 nitrogen and oxygen atoms in total. The zero-order valence-corrected chi connectivity index (χ0v) is 24.4. The molecule has 0 N–H and O–H groups in total. The van der Waals surface area contributed by atoms with Gasteiger partial charge in [0.2, 0.25) is 0 Å². The average molecular weight is 576 g/mol. The maximum atomic E-state index is 11.8. The van der Waals surface area contributed by atoms with Gasteiger partial charge >= 0.3 is 116 Å². The van der Waals surface area contributed by atoms with Crippen LogP contribution in [0.15, 0.2) is 40.1 Å². The fourth-order valence-electron chi connectivity index (χ4n) is 3.54. The van der Waals surface area contributed by atoms with E-state index in [0.717, 1.165) is 5.39 Å².